The molecule has 126 valence electrons. The lowest BCUT2D eigenvalue weighted by molar-refractivity contribution is -0.119. The molecule has 1 aromatic rings. The van der Waals surface area contributed by atoms with E-state index in [2.05, 4.69) is 16.7 Å². The van der Waals surface area contributed by atoms with Gasteiger partial charge < -0.3 is 10.6 Å². The van der Waals surface area contributed by atoms with Crippen molar-refractivity contribution in [3.05, 3.63) is 35.9 Å². The molecule has 2 N–H and O–H groups in total. The smallest absolute Gasteiger partial charge is 0.239 e. The van der Waals surface area contributed by atoms with Crippen molar-refractivity contribution in [1.82, 2.24) is 5.32 Å². The average Bonchev–Trinajstić information content (AvgIpc) is 2.53. The minimum absolute atomic E-state index is 0.0915. The standard InChI is InChI=1S/C17H24N2O3S/c1-23(21,22)16-9-5-8-15(12-16)19-13-17(20)18-11-10-14-6-3-2-4-7-14/h5-6,8-9,12,19H,2-4,7,10-11,13H2,1H3,(H,18,20). The van der Waals surface area contributed by atoms with E-state index in [4.69, 9.17) is 0 Å². The predicted octanol–water partition coefficient (Wildman–Crippen LogP) is 2.51. The Balaban J connectivity index is 1.75. The van der Waals surface area contributed by atoms with E-state index < -0.39 is 9.84 Å². The maximum absolute atomic E-state index is 11.8. The van der Waals surface area contributed by atoms with Gasteiger partial charge in [0.15, 0.2) is 9.84 Å². The van der Waals surface area contributed by atoms with Crippen molar-refractivity contribution in [3.63, 3.8) is 0 Å². The van der Waals surface area contributed by atoms with Crippen LogP contribution in [0.3, 0.4) is 0 Å². The number of hydrogen-bond acceptors (Lipinski definition) is 4. The second kappa shape index (κ2) is 8.15. The Morgan fingerprint density at radius 1 is 1.26 bits per heavy atom. The highest BCUT2D eigenvalue weighted by molar-refractivity contribution is 7.90. The molecule has 1 aliphatic carbocycles. The van der Waals surface area contributed by atoms with Crippen LogP contribution in [0.25, 0.3) is 0 Å². The van der Waals surface area contributed by atoms with Crippen molar-refractivity contribution in [2.45, 2.75) is 37.0 Å². The number of nitrogens with one attached hydrogen (secondary N) is 2. The van der Waals surface area contributed by atoms with E-state index in [-0.39, 0.29) is 17.3 Å². The molecule has 0 aromatic heterocycles. The molecule has 2 rings (SSSR count). The Morgan fingerprint density at radius 3 is 2.78 bits per heavy atom. The molecule has 0 saturated carbocycles. The van der Waals surface area contributed by atoms with Crippen LogP contribution in [0.4, 0.5) is 5.69 Å². The summed E-state index contributed by atoms with van der Waals surface area (Å²) in [5.41, 5.74) is 2.06. The van der Waals surface area contributed by atoms with Gasteiger partial charge in [-0.15, -0.1) is 0 Å². The fourth-order valence-electron chi connectivity index (χ4n) is 2.58. The Hall–Kier alpha value is -1.82. The van der Waals surface area contributed by atoms with Crippen molar-refractivity contribution in [2.24, 2.45) is 0 Å². The molecule has 1 amide bonds. The zero-order chi connectivity index (χ0) is 16.7. The predicted molar refractivity (Wildman–Crippen MR) is 92.2 cm³/mol. The highest BCUT2D eigenvalue weighted by Gasteiger charge is 2.08. The first-order valence-corrected chi connectivity index (χ1v) is 9.83. The summed E-state index contributed by atoms with van der Waals surface area (Å²) in [6, 6.07) is 6.48. The topological polar surface area (TPSA) is 75.3 Å². The maximum Gasteiger partial charge on any atom is 0.239 e. The lowest BCUT2D eigenvalue weighted by Crippen LogP contribution is -2.30. The molecule has 0 bridgehead atoms. The van der Waals surface area contributed by atoms with Gasteiger partial charge in [-0.05, 0) is 50.3 Å². The highest BCUT2D eigenvalue weighted by atomic mass is 32.2. The fourth-order valence-corrected chi connectivity index (χ4v) is 3.24. The zero-order valence-electron chi connectivity index (χ0n) is 13.5. The molecule has 6 heteroatoms. The van der Waals surface area contributed by atoms with Crippen LogP contribution in [0.15, 0.2) is 40.8 Å². The van der Waals surface area contributed by atoms with Crippen LogP contribution in [0.2, 0.25) is 0 Å². The first-order valence-electron chi connectivity index (χ1n) is 7.94. The summed E-state index contributed by atoms with van der Waals surface area (Å²) < 4.78 is 23.0. The Bertz CT molecular complexity index is 681. The molecule has 0 unspecified atom stereocenters. The Kier molecular flexibility index (Phi) is 6.21. The van der Waals surface area contributed by atoms with Gasteiger partial charge in [0.2, 0.25) is 5.91 Å². The number of carbonyl (C=O) groups is 1. The number of allylic oxidation sites excluding steroid dienone is 1. The lowest BCUT2D eigenvalue weighted by Gasteiger charge is -2.13. The molecular formula is C17H24N2O3S. The molecular weight excluding hydrogens is 312 g/mol. The van der Waals surface area contributed by atoms with E-state index in [0.717, 1.165) is 19.3 Å². The third-order valence-corrected chi connectivity index (χ3v) is 4.98. The van der Waals surface area contributed by atoms with Gasteiger partial charge in [0, 0.05) is 18.5 Å². The van der Waals surface area contributed by atoms with Crippen LogP contribution in [0.5, 0.6) is 0 Å². The highest BCUT2D eigenvalue weighted by Crippen LogP contribution is 2.19. The molecule has 23 heavy (non-hydrogen) atoms. The monoisotopic (exact) mass is 336 g/mol. The summed E-state index contributed by atoms with van der Waals surface area (Å²) in [7, 11) is -3.24. The SMILES string of the molecule is CS(=O)(=O)c1cccc(NCC(=O)NCCC2=CCCCC2)c1. The largest absolute Gasteiger partial charge is 0.376 e. The van der Waals surface area contributed by atoms with Crippen LogP contribution >= 0.6 is 0 Å². The molecule has 0 saturated heterocycles. The molecule has 0 radical (unpaired) electrons. The van der Waals surface area contributed by atoms with Crippen LogP contribution in [-0.2, 0) is 14.6 Å². The summed E-state index contributed by atoms with van der Waals surface area (Å²) in [5, 5.41) is 5.84. The third kappa shape index (κ3) is 6.06. The average molecular weight is 336 g/mol. The van der Waals surface area contributed by atoms with Gasteiger partial charge in [0.25, 0.3) is 0 Å². The molecule has 5 nitrogen and oxygen atoms in total. The van der Waals surface area contributed by atoms with Gasteiger partial charge >= 0.3 is 0 Å². The number of amides is 1. The van der Waals surface area contributed by atoms with Crippen molar-refractivity contribution < 1.29 is 13.2 Å². The van der Waals surface area contributed by atoms with Crippen LogP contribution in [-0.4, -0.2) is 33.7 Å². The van der Waals surface area contributed by atoms with E-state index in [1.807, 2.05) is 0 Å². The molecule has 1 aromatic carbocycles. The van der Waals surface area contributed by atoms with Crippen molar-refractivity contribution in [1.29, 1.82) is 0 Å². The maximum atomic E-state index is 11.8. The van der Waals surface area contributed by atoms with Crippen LogP contribution in [0, 0.1) is 0 Å². The number of carbonyl (C=O) groups excluding carboxylic acids is 1. The van der Waals surface area contributed by atoms with Crippen LogP contribution < -0.4 is 10.6 Å². The summed E-state index contributed by atoms with van der Waals surface area (Å²) in [4.78, 5) is 12.1. The van der Waals surface area contributed by atoms with E-state index in [0.29, 0.717) is 12.2 Å². The molecule has 0 heterocycles. The second-order valence-electron chi connectivity index (χ2n) is 5.86. The van der Waals surface area contributed by atoms with Crippen LogP contribution in [0.1, 0.15) is 32.1 Å². The second-order valence-corrected chi connectivity index (χ2v) is 7.88. The van der Waals surface area contributed by atoms with Gasteiger partial charge in [-0.1, -0.05) is 17.7 Å². The first kappa shape index (κ1) is 17.5. The molecule has 0 spiro atoms. The number of anilines is 1. The number of sulfone groups is 1. The van der Waals surface area contributed by atoms with Gasteiger partial charge in [-0.2, -0.15) is 0 Å². The quantitative estimate of drug-likeness (QED) is 0.750. The number of rotatable bonds is 7. The van der Waals surface area contributed by atoms with Crippen molar-refractivity contribution in [3.8, 4) is 0 Å². The minimum atomic E-state index is -3.24. The summed E-state index contributed by atoms with van der Waals surface area (Å²) in [5.74, 6) is -0.0915. The van der Waals surface area contributed by atoms with E-state index in [1.165, 1.54) is 30.7 Å². The van der Waals surface area contributed by atoms with Gasteiger partial charge in [0.05, 0.1) is 11.4 Å². The van der Waals surface area contributed by atoms with E-state index >= 15 is 0 Å². The fraction of sp³-hybridized carbons (Fsp3) is 0.471. The van der Waals surface area contributed by atoms with Crippen molar-refractivity contribution in [2.75, 3.05) is 24.7 Å². The Morgan fingerprint density at radius 2 is 2.09 bits per heavy atom. The Labute approximate surface area is 138 Å². The third-order valence-electron chi connectivity index (χ3n) is 3.87. The normalized spacial score (nSPS) is 14.9. The summed E-state index contributed by atoms with van der Waals surface area (Å²) in [6.07, 6.45) is 9.18. The van der Waals surface area contributed by atoms with Gasteiger partial charge in [-0.3, -0.25) is 4.79 Å². The molecule has 0 aliphatic heterocycles. The first-order chi connectivity index (χ1) is 10.9. The lowest BCUT2D eigenvalue weighted by atomic mass is 9.97. The zero-order valence-corrected chi connectivity index (χ0v) is 14.3. The van der Waals surface area contributed by atoms with Gasteiger partial charge in [0.1, 0.15) is 0 Å². The number of hydrogen-bond donors (Lipinski definition) is 2. The molecule has 0 atom stereocenters. The molecule has 1 aliphatic rings. The number of benzene rings is 1. The van der Waals surface area contributed by atoms with Gasteiger partial charge in [-0.25, -0.2) is 8.42 Å². The summed E-state index contributed by atoms with van der Waals surface area (Å²) in [6.45, 7) is 0.780. The minimum Gasteiger partial charge on any atom is -0.376 e. The molecule has 0 fully saturated rings. The summed E-state index contributed by atoms with van der Waals surface area (Å²) >= 11 is 0. The van der Waals surface area contributed by atoms with E-state index in [1.54, 1.807) is 18.2 Å². The van der Waals surface area contributed by atoms with E-state index in [9.17, 15) is 13.2 Å². The van der Waals surface area contributed by atoms with Crippen molar-refractivity contribution >= 4 is 21.4 Å².